The van der Waals surface area contributed by atoms with Crippen molar-refractivity contribution in [3.8, 4) is 11.5 Å². The van der Waals surface area contributed by atoms with Gasteiger partial charge in [0.1, 0.15) is 71.0 Å². The zero-order chi connectivity index (χ0) is 23.8. The molecule has 0 amide bonds. The first-order valence-corrected chi connectivity index (χ1v) is 10.1. The van der Waals surface area contributed by atoms with Gasteiger partial charge >= 0.3 is 0 Å². The summed E-state index contributed by atoms with van der Waals surface area (Å²) in [6.45, 7) is 3.68. The lowest BCUT2D eigenvalue weighted by Crippen LogP contribution is -2.49. The van der Waals surface area contributed by atoms with Gasteiger partial charge in [0.05, 0.1) is 6.61 Å². The molecule has 0 radical (unpaired) electrons. The molecule has 178 valence electrons. The number of phenols is 1. The third-order valence-corrected chi connectivity index (χ3v) is 5.47. The lowest BCUT2D eigenvalue weighted by atomic mass is 9.90. The average molecular weight is 456 g/mol. The zero-order valence-electron chi connectivity index (χ0n) is 17.9. The molecule has 0 saturated heterocycles. The van der Waals surface area contributed by atoms with Crippen LogP contribution < -0.4 is 10.2 Å². The minimum Gasteiger partial charge on any atom is -0.507 e. The Kier molecular flexibility index (Phi) is 7.10. The fourth-order valence-corrected chi connectivity index (χ4v) is 3.51. The summed E-state index contributed by atoms with van der Waals surface area (Å²) in [4.78, 5) is 22.7. The van der Waals surface area contributed by atoms with Gasteiger partial charge in [-0.1, -0.05) is 0 Å². The van der Waals surface area contributed by atoms with Gasteiger partial charge in [0.2, 0.25) is 0 Å². The number of ether oxygens (including phenoxy) is 1. The van der Waals surface area contributed by atoms with Crippen LogP contribution in [0.15, 0.2) is 21.3 Å². The van der Waals surface area contributed by atoms with Crippen molar-refractivity contribution in [2.75, 3.05) is 13.2 Å². The summed E-state index contributed by atoms with van der Waals surface area (Å²) in [5, 5.41) is 58.3. The Morgan fingerprint density at radius 2 is 1.81 bits per heavy atom. The van der Waals surface area contributed by atoms with Gasteiger partial charge < -0.3 is 39.8 Å². The molecular formula is C21H28O11. The van der Waals surface area contributed by atoms with Gasteiger partial charge in [-0.15, -0.1) is 0 Å². The molecule has 0 saturated carbocycles. The standard InChI is InChI=1S/C21H28O11/c1-9-4-11(23)17-15(30-9)6-14-10(18(17)26)5-16(21(2,3)31-14)32-29-8-13(25)20(28)19(27)12(24)7-22/h4,6,12-13,16,19-20,22,24-28H,5,7-8H2,1-3H3. The van der Waals surface area contributed by atoms with Gasteiger partial charge in [-0.3, -0.25) is 4.79 Å². The Balaban J connectivity index is 1.74. The minimum absolute atomic E-state index is 0.0206. The molecular weight excluding hydrogens is 428 g/mol. The highest BCUT2D eigenvalue weighted by atomic mass is 17.2. The van der Waals surface area contributed by atoms with Crippen LogP contribution in [-0.2, 0) is 16.2 Å². The van der Waals surface area contributed by atoms with E-state index in [1.807, 2.05) is 0 Å². The monoisotopic (exact) mass is 456 g/mol. The summed E-state index contributed by atoms with van der Waals surface area (Å²) in [5.41, 5.74) is -0.835. The highest BCUT2D eigenvalue weighted by Crippen LogP contribution is 2.42. The smallest absolute Gasteiger partial charge is 0.196 e. The number of benzene rings is 1. The highest BCUT2D eigenvalue weighted by Gasteiger charge is 2.41. The maximum absolute atomic E-state index is 12.3. The van der Waals surface area contributed by atoms with Crippen LogP contribution in [-0.4, -0.2) is 80.0 Å². The molecule has 0 bridgehead atoms. The molecule has 1 aromatic carbocycles. The number of fused-ring (bicyclic) bond motifs is 2. The largest absolute Gasteiger partial charge is 0.507 e. The third-order valence-electron chi connectivity index (χ3n) is 5.47. The van der Waals surface area contributed by atoms with Crippen molar-refractivity contribution in [3.05, 3.63) is 33.7 Å². The molecule has 0 fully saturated rings. The Morgan fingerprint density at radius 1 is 1.16 bits per heavy atom. The Hall–Kier alpha value is -2.25. The van der Waals surface area contributed by atoms with Crippen LogP contribution in [0, 0.1) is 6.92 Å². The second-order valence-corrected chi connectivity index (χ2v) is 8.37. The first kappa shape index (κ1) is 24.4. The molecule has 2 aromatic rings. The van der Waals surface area contributed by atoms with E-state index in [0.717, 1.165) is 0 Å². The molecule has 1 aromatic heterocycles. The summed E-state index contributed by atoms with van der Waals surface area (Å²) < 4.78 is 11.5. The number of aryl methyl sites for hydroxylation is 1. The first-order chi connectivity index (χ1) is 15.0. The SMILES string of the molecule is Cc1cc(=O)c2c(O)c3c(cc2o1)OC(C)(C)C(OOCC(O)C(O)C(O)C(O)CO)C3. The highest BCUT2D eigenvalue weighted by molar-refractivity contribution is 5.87. The van der Waals surface area contributed by atoms with Crippen molar-refractivity contribution in [1.82, 2.24) is 0 Å². The van der Waals surface area contributed by atoms with Crippen molar-refractivity contribution < 1.29 is 49.6 Å². The van der Waals surface area contributed by atoms with Crippen molar-refractivity contribution in [1.29, 1.82) is 0 Å². The van der Waals surface area contributed by atoms with Gasteiger partial charge in [0.25, 0.3) is 0 Å². The van der Waals surface area contributed by atoms with Gasteiger partial charge in [0, 0.05) is 24.1 Å². The third kappa shape index (κ3) is 4.74. The second-order valence-electron chi connectivity index (χ2n) is 8.37. The summed E-state index contributed by atoms with van der Waals surface area (Å²) in [6, 6.07) is 2.81. The Morgan fingerprint density at radius 3 is 2.47 bits per heavy atom. The van der Waals surface area contributed by atoms with Crippen LogP contribution in [0.5, 0.6) is 11.5 Å². The fraction of sp³-hybridized carbons (Fsp3) is 0.571. The van der Waals surface area contributed by atoms with Crippen molar-refractivity contribution in [2.45, 2.75) is 63.3 Å². The number of phenolic OH excluding ortho intramolecular Hbond substituents is 1. The summed E-state index contributed by atoms with van der Waals surface area (Å²) in [5.74, 6) is 0.431. The van der Waals surface area contributed by atoms with E-state index < -0.39 is 54.8 Å². The van der Waals surface area contributed by atoms with Crippen molar-refractivity contribution in [2.24, 2.45) is 0 Å². The predicted molar refractivity (Wildman–Crippen MR) is 109 cm³/mol. The summed E-state index contributed by atoms with van der Waals surface area (Å²) >= 11 is 0. The molecule has 2 heterocycles. The lowest BCUT2D eigenvalue weighted by Gasteiger charge is -2.39. The minimum atomic E-state index is -1.80. The van der Waals surface area contributed by atoms with E-state index in [9.17, 15) is 30.3 Å². The molecule has 3 rings (SSSR count). The molecule has 32 heavy (non-hydrogen) atoms. The first-order valence-electron chi connectivity index (χ1n) is 10.1. The average Bonchev–Trinajstić information content (AvgIpc) is 2.71. The molecule has 1 aliphatic rings. The molecule has 11 nitrogen and oxygen atoms in total. The van der Waals surface area contributed by atoms with Gasteiger partial charge in [-0.25, -0.2) is 9.78 Å². The number of rotatable bonds is 8. The fourth-order valence-electron chi connectivity index (χ4n) is 3.51. The quantitative estimate of drug-likeness (QED) is 0.218. The van der Waals surface area contributed by atoms with Gasteiger partial charge in [0.15, 0.2) is 5.43 Å². The van der Waals surface area contributed by atoms with E-state index in [1.54, 1.807) is 20.8 Å². The predicted octanol–water partition coefficient (Wildman–Crippen LogP) is -0.727. The van der Waals surface area contributed by atoms with Crippen LogP contribution >= 0.6 is 0 Å². The maximum Gasteiger partial charge on any atom is 0.196 e. The molecule has 11 heteroatoms. The van der Waals surface area contributed by atoms with E-state index in [2.05, 4.69) is 0 Å². The van der Waals surface area contributed by atoms with E-state index in [4.69, 9.17) is 24.0 Å². The summed E-state index contributed by atoms with van der Waals surface area (Å²) in [6.07, 6.45) is -7.54. The maximum atomic E-state index is 12.3. The number of hydrogen-bond donors (Lipinski definition) is 6. The Labute approximate surface area is 182 Å². The zero-order valence-corrected chi connectivity index (χ0v) is 17.9. The van der Waals surface area contributed by atoms with Crippen molar-refractivity contribution in [3.63, 3.8) is 0 Å². The topological polar surface area (TPSA) is 179 Å². The van der Waals surface area contributed by atoms with Gasteiger partial charge in [-0.2, -0.15) is 0 Å². The Bertz CT molecular complexity index is 1010. The number of aromatic hydroxyl groups is 1. The van der Waals surface area contributed by atoms with E-state index in [1.165, 1.54) is 12.1 Å². The molecule has 6 N–H and O–H groups in total. The summed E-state index contributed by atoms with van der Waals surface area (Å²) in [7, 11) is 0. The number of hydrogen-bond acceptors (Lipinski definition) is 11. The van der Waals surface area contributed by atoms with Crippen LogP contribution in [0.1, 0.15) is 25.2 Å². The second kappa shape index (κ2) is 9.32. The normalized spacial score (nSPS) is 21.4. The van der Waals surface area contributed by atoms with Crippen LogP contribution in [0.2, 0.25) is 0 Å². The molecule has 1 aliphatic heterocycles. The number of aliphatic hydroxyl groups is 5. The van der Waals surface area contributed by atoms with Crippen molar-refractivity contribution >= 4 is 11.0 Å². The van der Waals surface area contributed by atoms with E-state index in [-0.39, 0.29) is 23.1 Å². The van der Waals surface area contributed by atoms with Crippen LogP contribution in [0.4, 0.5) is 0 Å². The van der Waals surface area contributed by atoms with Gasteiger partial charge in [-0.05, 0) is 20.8 Å². The lowest BCUT2D eigenvalue weighted by molar-refractivity contribution is -0.358. The molecule has 5 unspecified atom stereocenters. The van der Waals surface area contributed by atoms with Crippen LogP contribution in [0.3, 0.4) is 0 Å². The molecule has 5 atom stereocenters. The molecule has 0 aliphatic carbocycles. The molecule has 0 spiro atoms. The van der Waals surface area contributed by atoms with Crippen LogP contribution in [0.25, 0.3) is 11.0 Å². The number of aliphatic hydroxyl groups excluding tert-OH is 5. The van der Waals surface area contributed by atoms with E-state index >= 15 is 0 Å². The van der Waals surface area contributed by atoms with E-state index in [0.29, 0.717) is 17.1 Å².